The average molecular weight is 279 g/mol. The lowest BCUT2D eigenvalue weighted by Crippen LogP contribution is -2.27. The maximum Gasteiger partial charge on any atom is 0.200 e. The highest BCUT2D eigenvalue weighted by atomic mass is 16.5. The molecule has 1 fully saturated rings. The molecular formula is C16H25NO3. The van der Waals surface area contributed by atoms with E-state index in [1.54, 1.807) is 14.2 Å². The lowest BCUT2D eigenvalue weighted by molar-refractivity contribution is 0.333. The second-order valence-electron chi connectivity index (χ2n) is 5.97. The summed E-state index contributed by atoms with van der Waals surface area (Å²) in [6.07, 6.45) is 2.64. The van der Waals surface area contributed by atoms with Crippen molar-refractivity contribution in [3.63, 3.8) is 0 Å². The molecule has 0 amide bonds. The molecule has 1 aromatic rings. The molecule has 1 saturated carbocycles. The molecule has 20 heavy (non-hydrogen) atoms. The summed E-state index contributed by atoms with van der Waals surface area (Å²) in [5, 5.41) is 13.4. The van der Waals surface area contributed by atoms with Crippen molar-refractivity contribution in [3.8, 4) is 17.2 Å². The van der Waals surface area contributed by atoms with Crippen LogP contribution in [0.1, 0.15) is 32.3 Å². The lowest BCUT2D eigenvalue weighted by atomic mass is 9.92. The van der Waals surface area contributed by atoms with Gasteiger partial charge < -0.3 is 19.9 Å². The maximum atomic E-state index is 9.88. The van der Waals surface area contributed by atoms with Gasteiger partial charge in [-0.15, -0.1) is 0 Å². The normalized spacial score (nSPS) is 16.2. The Morgan fingerprint density at radius 1 is 1.20 bits per heavy atom. The van der Waals surface area contributed by atoms with Gasteiger partial charge in [-0.2, -0.15) is 0 Å². The van der Waals surface area contributed by atoms with E-state index in [1.165, 1.54) is 12.8 Å². The highest BCUT2D eigenvalue weighted by molar-refractivity contribution is 5.52. The number of methoxy groups -OCH3 is 2. The Morgan fingerprint density at radius 2 is 1.75 bits per heavy atom. The Kier molecular flexibility index (Phi) is 4.43. The lowest BCUT2D eigenvalue weighted by Gasteiger charge is -2.20. The van der Waals surface area contributed by atoms with E-state index in [4.69, 9.17) is 9.47 Å². The number of hydrogen-bond acceptors (Lipinski definition) is 4. The van der Waals surface area contributed by atoms with Crippen molar-refractivity contribution in [3.05, 3.63) is 17.7 Å². The number of ether oxygens (including phenoxy) is 2. The molecule has 1 aliphatic carbocycles. The van der Waals surface area contributed by atoms with Crippen molar-refractivity contribution < 1.29 is 14.6 Å². The van der Waals surface area contributed by atoms with Gasteiger partial charge in [-0.3, -0.25) is 0 Å². The molecule has 1 aromatic carbocycles. The summed E-state index contributed by atoms with van der Waals surface area (Å²) in [5.41, 5.74) is 1.54. The van der Waals surface area contributed by atoms with Crippen LogP contribution in [0, 0.1) is 11.3 Å². The molecule has 0 aromatic heterocycles. The number of phenols is 1. The fourth-order valence-corrected chi connectivity index (χ4v) is 2.62. The fourth-order valence-electron chi connectivity index (χ4n) is 2.62. The Balaban J connectivity index is 1.99. The first-order valence-corrected chi connectivity index (χ1v) is 7.17. The third kappa shape index (κ3) is 3.01. The average Bonchev–Trinajstić information content (AvgIpc) is 3.21. The van der Waals surface area contributed by atoms with Crippen LogP contribution in [0.25, 0.3) is 0 Å². The van der Waals surface area contributed by atoms with Crippen LogP contribution in [0.5, 0.6) is 17.2 Å². The minimum atomic E-state index is 0.0552. The SMILES string of the molecule is COc1cc(CNCC2(C(C)C)CC2)cc(OC)c1O. The quantitative estimate of drug-likeness (QED) is 0.805. The smallest absolute Gasteiger partial charge is 0.200 e. The van der Waals surface area contributed by atoms with Gasteiger partial charge in [0, 0.05) is 13.1 Å². The predicted octanol–water partition coefficient (Wildman–Crippen LogP) is 2.94. The summed E-state index contributed by atoms with van der Waals surface area (Å²) >= 11 is 0. The molecule has 0 atom stereocenters. The number of phenolic OH excluding ortho intramolecular Hbond substituents is 1. The summed E-state index contributed by atoms with van der Waals surface area (Å²) in [7, 11) is 3.09. The van der Waals surface area contributed by atoms with Crippen LogP contribution in [-0.2, 0) is 6.54 Å². The van der Waals surface area contributed by atoms with Crippen LogP contribution in [0.4, 0.5) is 0 Å². The van der Waals surface area contributed by atoms with E-state index in [0.717, 1.165) is 24.6 Å². The van der Waals surface area contributed by atoms with E-state index in [9.17, 15) is 5.11 Å². The zero-order valence-electron chi connectivity index (χ0n) is 12.8. The molecule has 0 aliphatic heterocycles. The number of rotatable bonds is 7. The Labute approximate surface area is 121 Å². The topological polar surface area (TPSA) is 50.7 Å². The van der Waals surface area contributed by atoms with Crippen LogP contribution in [0.2, 0.25) is 0 Å². The minimum absolute atomic E-state index is 0.0552. The highest BCUT2D eigenvalue weighted by Crippen LogP contribution is 2.51. The number of nitrogens with one attached hydrogen (secondary N) is 1. The van der Waals surface area contributed by atoms with Crippen molar-refractivity contribution >= 4 is 0 Å². The molecule has 0 radical (unpaired) electrons. The van der Waals surface area contributed by atoms with Crippen molar-refractivity contribution in [2.75, 3.05) is 20.8 Å². The molecule has 112 valence electrons. The predicted molar refractivity (Wildman–Crippen MR) is 79.4 cm³/mol. The molecular weight excluding hydrogens is 254 g/mol. The van der Waals surface area contributed by atoms with E-state index in [-0.39, 0.29) is 5.75 Å². The summed E-state index contributed by atoms with van der Waals surface area (Å²) in [6, 6.07) is 3.69. The second kappa shape index (κ2) is 5.92. The Hall–Kier alpha value is -1.42. The summed E-state index contributed by atoms with van der Waals surface area (Å²) in [6.45, 7) is 6.38. The van der Waals surface area contributed by atoms with Gasteiger partial charge in [-0.05, 0) is 41.9 Å². The zero-order valence-corrected chi connectivity index (χ0v) is 12.8. The largest absolute Gasteiger partial charge is 0.502 e. The number of aromatic hydroxyl groups is 1. The van der Waals surface area contributed by atoms with Gasteiger partial charge in [-0.1, -0.05) is 13.8 Å². The van der Waals surface area contributed by atoms with Crippen molar-refractivity contribution in [1.82, 2.24) is 5.32 Å². The summed E-state index contributed by atoms with van der Waals surface area (Å²) in [5.74, 6) is 1.68. The minimum Gasteiger partial charge on any atom is -0.502 e. The van der Waals surface area contributed by atoms with Gasteiger partial charge in [0.1, 0.15) is 0 Å². The molecule has 2 rings (SSSR count). The van der Waals surface area contributed by atoms with Gasteiger partial charge in [0.05, 0.1) is 14.2 Å². The molecule has 0 unspecified atom stereocenters. The molecule has 0 heterocycles. The zero-order chi connectivity index (χ0) is 14.8. The van der Waals surface area contributed by atoms with E-state index < -0.39 is 0 Å². The molecule has 0 saturated heterocycles. The Bertz CT molecular complexity index is 442. The van der Waals surface area contributed by atoms with Gasteiger partial charge in [0.2, 0.25) is 5.75 Å². The number of benzene rings is 1. The highest BCUT2D eigenvalue weighted by Gasteiger charge is 2.44. The van der Waals surface area contributed by atoms with E-state index >= 15 is 0 Å². The van der Waals surface area contributed by atoms with Crippen LogP contribution in [-0.4, -0.2) is 25.9 Å². The summed E-state index contributed by atoms with van der Waals surface area (Å²) in [4.78, 5) is 0. The molecule has 0 bridgehead atoms. The van der Waals surface area contributed by atoms with Crippen LogP contribution >= 0.6 is 0 Å². The molecule has 2 N–H and O–H groups in total. The van der Waals surface area contributed by atoms with Crippen molar-refractivity contribution in [1.29, 1.82) is 0 Å². The standard InChI is InChI=1S/C16H25NO3/c1-11(2)16(5-6-16)10-17-9-12-7-13(19-3)15(18)14(8-12)20-4/h7-8,11,17-18H,5-6,9-10H2,1-4H3. The molecule has 0 spiro atoms. The van der Waals surface area contributed by atoms with Crippen molar-refractivity contribution in [2.45, 2.75) is 33.2 Å². The number of hydrogen-bond donors (Lipinski definition) is 2. The third-order valence-corrected chi connectivity index (χ3v) is 4.46. The third-order valence-electron chi connectivity index (χ3n) is 4.46. The van der Waals surface area contributed by atoms with E-state index in [1.807, 2.05) is 12.1 Å². The first-order chi connectivity index (χ1) is 9.52. The first kappa shape index (κ1) is 15.0. The summed E-state index contributed by atoms with van der Waals surface area (Å²) < 4.78 is 10.3. The monoisotopic (exact) mass is 279 g/mol. The van der Waals surface area contributed by atoms with Crippen LogP contribution < -0.4 is 14.8 Å². The van der Waals surface area contributed by atoms with E-state index in [2.05, 4.69) is 19.2 Å². The Morgan fingerprint density at radius 3 is 2.15 bits per heavy atom. The van der Waals surface area contributed by atoms with Crippen LogP contribution in [0.3, 0.4) is 0 Å². The van der Waals surface area contributed by atoms with Gasteiger partial charge in [0.15, 0.2) is 11.5 Å². The first-order valence-electron chi connectivity index (χ1n) is 7.17. The van der Waals surface area contributed by atoms with Gasteiger partial charge in [0.25, 0.3) is 0 Å². The van der Waals surface area contributed by atoms with E-state index in [0.29, 0.717) is 16.9 Å². The molecule has 1 aliphatic rings. The second-order valence-corrected chi connectivity index (χ2v) is 5.97. The molecule has 4 nitrogen and oxygen atoms in total. The van der Waals surface area contributed by atoms with Crippen LogP contribution in [0.15, 0.2) is 12.1 Å². The van der Waals surface area contributed by atoms with Gasteiger partial charge >= 0.3 is 0 Å². The van der Waals surface area contributed by atoms with Crippen molar-refractivity contribution in [2.24, 2.45) is 11.3 Å². The molecule has 4 heteroatoms. The fraction of sp³-hybridized carbons (Fsp3) is 0.625. The van der Waals surface area contributed by atoms with Gasteiger partial charge in [-0.25, -0.2) is 0 Å². The maximum absolute atomic E-state index is 9.88.